The van der Waals surface area contributed by atoms with Crippen molar-refractivity contribution in [3.63, 3.8) is 0 Å². The number of hydrogen-bond donors (Lipinski definition) is 0. The fraction of sp³-hybridized carbons (Fsp3) is 0. The molecule has 18 heavy (non-hydrogen) atoms. The maximum absolute atomic E-state index is 5.28. The van der Waals surface area contributed by atoms with Crippen molar-refractivity contribution in [2.45, 2.75) is 0 Å². The van der Waals surface area contributed by atoms with Crippen LogP contribution in [0.2, 0.25) is 0 Å². The summed E-state index contributed by atoms with van der Waals surface area (Å²) in [5.74, 6) is 1.11. The van der Waals surface area contributed by atoms with E-state index in [9.17, 15) is 0 Å². The van der Waals surface area contributed by atoms with Crippen molar-refractivity contribution in [1.29, 1.82) is 0 Å². The Hall–Kier alpha value is -1.94. The van der Waals surface area contributed by atoms with E-state index in [4.69, 9.17) is 4.52 Å². The minimum atomic E-state index is 0.529. The van der Waals surface area contributed by atoms with Crippen molar-refractivity contribution in [3.05, 3.63) is 59.1 Å². The standard InChI is InChI=1S/C14H9BrN2O/c15-12-9-5-4-8-11(12)13-16-14(18-17-13)10-6-2-1-3-7-10/h1-9H. The first-order chi connectivity index (χ1) is 8.84. The molecule has 3 nitrogen and oxygen atoms in total. The van der Waals surface area contributed by atoms with E-state index in [0.717, 1.165) is 15.6 Å². The van der Waals surface area contributed by atoms with Crippen LogP contribution in [0.15, 0.2) is 63.6 Å². The number of aromatic nitrogens is 2. The summed E-state index contributed by atoms with van der Waals surface area (Å²) in [4.78, 5) is 4.40. The summed E-state index contributed by atoms with van der Waals surface area (Å²) in [6.45, 7) is 0. The van der Waals surface area contributed by atoms with Crippen LogP contribution in [0, 0.1) is 0 Å². The fourth-order valence-corrected chi connectivity index (χ4v) is 2.14. The molecule has 0 aliphatic heterocycles. The van der Waals surface area contributed by atoms with E-state index in [0.29, 0.717) is 11.7 Å². The van der Waals surface area contributed by atoms with E-state index in [1.54, 1.807) is 0 Å². The van der Waals surface area contributed by atoms with Crippen molar-refractivity contribution in [1.82, 2.24) is 10.1 Å². The van der Waals surface area contributed by atoms with E-state index in [1.807, 2.05) is 54.6 Å². The zero-order valence-electron chi connectivity index (χ0n) is 9.38. The van der Waals surface area contributed by atoms with E-state index in [2.05, 4.69) is 26.1 Å². The van der Waals surface area contributed by atoms with E-state index < -0.39 is 0 Å². The topological polar surface area (TPSA) is 38.9 Å². The molecule has 88 valence electrons. The van der Waals surface area contributed by atoms with Crippen molar-refractivity contribution < 1.29 is 4.52 Å². The molecule has 0 saturated heterocycles. The summed E-state index contributed by atoms with van der Waals surface area (Å²) in [7, 11) is 0. The Morgan fingerprint density at radius 3 is 2.39 bits per heavy atom. The first-order valence-corrected chi connectivity index (χ1v) is 6.28. The molecule has 2 aromatic carbocycles. The minimum Gasteiger partial charge on any atom is -0.334 e. The van der Waals surface area contributed by atoms with Crippen molar-refractivity contribution in [2.75, 3.05) is 0 Å². The first-order valence-electron chi connectivity index (χ1n) is 5.48. The molecular formula is C14H9BrN2O. The van der Waals surface area contributed by atoms with Gasteiger partial charge in [0, 0.05) is 15.6 Å². The van der Waals surface area contributed by atoms with Crippen LogP contribution in [0.4, 0.5) is 0 Å². The van der Waals surface area contributed by atoms with Gasteiger partial charge in [0.15, 0.2) is 0 Å². The molecule has 3 rings (SSSR count). The first kappa shape index (κ1) is 11.2. The molecule has 0 amide bonds. The molecule has 0 atom stereocenters. The Kier molecular flexibility index (Phi) is 2.94. The van der Waals surface area contributed by atoms with Crippen LogP contribution in [0.5, 0.6) is 0 Å². The monoisotopic (exact) mass is 300 g/mol. The molecular weight excluding hydrogens is 292 g/mol. The van der Waals surface area contributed by atoms with E-state index in [1.165, 1.54) is 0 Å². The maximum atomic E-state index is 5.28. The second-order valence-corrected chi connectivity index (χ2v) is 4.62. The Bertz CT molecular complexity index is 664. The van der Waals surface area contributed by atoms with Crippen LogP contribution in [0.3, 0.4) is 0 Å². The summed E-state index contributed by atoms with van der Waals surface area (Å²) in [5.41, 5.74) is 1.84. The Morgan fingerprint density at radius 1 is 0.889 bits per heavy atom. The summed E-state index contributed by atoms with van der Waals surface area (Å²) in [6, 6.07) is 17.5. The molecule has 0 aliphatic carbocycles. The van der Waals surface area contributed by atoms with Gasteiger partial charge in [-0.1, -0.05) is 51.4 Å². The molecule has 0 radical (unpaired) electrons. The number of benzene rings is 2. The van der Waals surface area contributed by atoms with Gasteiger partial charge in [-0.3, -0.25) is 0 Å². The predicted molar refractivity (Wildman–Crippen MR) is 72.9 cm³/mol. The van der Waals surface area contributed by atoms with Gasteiger partial charge in [0.25, 0.3) is 5.89 Å². The molecule has 0 saturated carbocycles. The molecule has 0 aliphatic rings. The zero-order chi connectivity index (χ0) is 12.4. The van der Waals surface area contributed by atoms with E-state index in [-0.39, 0.29) is 0 Å². The average molecular weight is 301 g/mol. The average Bonchev–Trinajstić information content (AvgIpc) is 2.90. The van der Waals surface area contributed by atoms with Gasteiger partial charge >= 0.3 is 0 Å². The lowest BCUT2D eigenvalue weighted by molar-refractivity contribution is 0.432. The molecule has 1 aromatic heterocycles. The van der Waals surface area contributed by atoms with Crippen LogP contribution >= 0.6 is 15.9 Å². The Labute approximate surface area is 113 Å². The van der Waals surface area contributed by atoms with Crippen molar-refractivity contribution in [2.24, 2.45) is 0 Å². The van der Waals surface area contributed by atoms with Crippen LogP contribution in [-0.2, 0) is 0 Å². The predicted octanol–water partition coefficient (Wildman–Crippen LogP) is 4.17. The molecule has 4 heteroatoms. The molecule has 0 fully saturated rings. The lowest BCUT2D eigenvalue weighted by Gasteiger charge is -1.96. The van der Waals surface area contributed by atoms with Crippen molar-refractivity contribution in [3.8, 4) is 22.8 Å². The Balaban J connectivity index is 2.03. The molecule has 0 spiro atoms. The van der Waals surface area contributed by atoms with Gasteiger partial charge in [0.2, 0.25) is 5.82 Å². The zero-order valence-corrected chi connectivity index (χ0v) is 11.0. The lowest BCUT2D eigenvalue weighted by Crippen LogP contribution is -1.82. The minimum absolute atomic E-state index is 0.529. The number of halogens is 1. The highest BCUT2D eigenvalue weighted by atomic mass is 79.9. The Morgan fingerprint density at radius 2 is 1.61 bits per heavy atom. The van der Waals surface area contributed by atoms with Gasteiger partial charge in [0.1, 0.15) is 0 Å². The quantitative estimate of drug-likeness (QED) is 0.713. The summed E-state index contributed by atoms with van der Waals surface area (Å²) < 4.78 is 6.23. The molecule has 3 aromatic rings. The third-order valence-corrected chi connectivity index (χ3v) is 3.25. The fourth-order valence-electron chi connectivity index (χ4n) is 1.67. The summed E-state index contributed by atoms with van der Waals surface area (Å²) >= 11 is 3.48. The number of rotatable bonds is 2. The maximum Gasteiger partial charge on any atom is 0.258 e. The molecule has 1 heterocycles. The highest BCUT2D eigenvalue weighted by Gasteiger charge is 2.11. The number of nitrogens with zero attached hydrogens (tertiary/aromatic N) is 2. The summed E-state index contributed by atoms with van der Waals surface area (Å²) in [5, 5.41) is 4.01. The van der Waals surface area contributed by atoms with Gasteiger partial charge in [-0.15, -0.1) is 0 Å². The van der Waals surface area contributed by atoms with Gasteiger partial charge in [-0.25, -0.2) is 0 Å². The van der Waals surface area contributed by atoms with Crippen LogP contribution in [-0.4, -0.2) is 10.1 Å². The molecule has 0 bridgehead atoms. The van der Waals surface area contributed by atoms with Crippen LogP contribution in [0.25, 0.3) is 22.8 Å². The largest absolute Gasteiger partial charge is 0.334 e. The second-order valence-electron chi connectivity index (χ2n) is 3.77. The highest BCUT2D eigenvalue weighted by Crippen LogP contribution is 2.27. The van der Waals surface area contributed by atoms with Gasteiger partial charge < -0.3 is 4.52 Å². The van der Waals surface area contributed by atoms with Crippen LogP contribution in [0.1, 0.15) is 0 Å². The van der Waals surface area contributed by atoms with Gasteiger partial charge in [-0.05, 0) is 24.3 Å². The second kappa shape index (κ2) is 4.74. The lowest BCUT2D eigenvalue weighted by atomic mass is 10.2. The van der Waals surface area contributed by atoms with Crippen molar-refractivity contribution >= 4 is 15.9 Å². The number of hydrogen-bond acceptors (Lipinski definition) is 3. The van der Waals surface area contributed by atoms with Gasteiger partial charge in [0.05, 0.1) is 0 Å². The van der Waals surface area contributed by atoms with Crippen LogP contribution < -0.4 is 0 Å². The third kappa shape index (κ3) is 2.07. The third-order valence-electron chi connectivity index (χ3n) is 2.56. The molecule has 0 unspecified atom stereocenters. The SMILES string of the molecule is Brc1ccccc1-c1noc(-c2ccccc2)n1. The molecule has 0 N–H and O–H groups in total. The normalized spacial score (nSPS) is 10.5. The van der Waals surface area contributed by atoms with Gasteiger partial charge in [-0.2, -0.15) is 4.98 Å². The highest BCUT2D eigenvalue weighted by molar-refractivity contribution is 9.10. The summed E-state index contributed by atoms with van der Waals surface area (Å²) in [6.07, 6.45) is 0. The smallest absolute Gasteiger partial charge is 0.258 e. The van der Waals surface area contributed by atoms with E-state index >= 15 is 0 Å².